The molecule has 7 aromatic rings. The Balaban J connectivity index is 0.000000857. The first-order valence-corrected chi connectivity index (χ1v) is 45.6. The smallest absolute Gasteiger partial charge is 0.0503 e. The summed E-state index contributed by atoms with van der Waals surface area (Å²) in [6, 6.07) is 22.6. The van der Waals surface area contributed by atoms with Gasteiger partial charge in [-0.25, -0.2) is 0 Å². The monoisotopic (exact) mass is 1770 g/mol. The molecule has 9 rings (SSSR count). The van der Waals surface area contributed by atoms with Gasteiger partial charge in [-0.05, 0) is 464 Å². The molecule has 0 saturated heterocycles. The van der Waals surface area contributed by atoms with Crippen LogP contribution in [-0.4, -0.2) is 0 Å². The molecule has 0 radical (unpaired) electrons. The van der Waals surface area contributed by atoms with E-state index in [-0.39, 0.29) is 157 Å². The first-order chi connectivity index (χ1) is 57.1. The molecule has 2 aliphatic carbocycles. The van der Waals surface area contributed by atoms with Crippen molar-refractivity contribution in [3.63, 3.8) is 0 Å². The molecule has 0 N–H and O–H groups in total. The van der Waals surface area contributed by atoms with Gasteiger partial charge >= 0.3 is 0 Å². The van der Waals surface area contributed by atoms with Gasteiger partial charge in [0, 0.05) is 201 Å². The minimum Gasteiger partial charge on any atom is -0.106 e. The zero-order valence-electron chi connectivity index (χ0n) is 89.7. The zero-order chi connectivity index (χ0) is 98.1. The summed E-state index contributed by atoms with van der Waals surface area (Å²) in [6.45, 7) is 103. The Hall–Kier alpha value is -7.98. The van der Waals surface area contributed by atoms with E-state index in [9.17, 15) is 0 Å². The van der Waals surface area contributed by atoms with Crippen molar-refractivity contribution in [1.29, 1.82) is 0 Å². The largest absolute Gasteiger partial charge is 0.106 e. The Morgan fingerprint density at radius 2 is 0.256 bits per heavy atom. The van der Waals surface area contributed by atoms with E-state index in [1.54, 1.807) is 0 Å². The Labute approximate surface area is 851 Å². The van der Waals surface area contributed by atoms with Crippen molar-refractivity contribution in [2.45, 2.75) is 339 Å². The van der Waals surface area contributed by atoms with Gasteiger partial charge in [0.1, 0.15) is 0 Å². The Bertz CT molecular complexity index is 5630. The maximum atomic E-state index is 3.46. The van der Waals surface area contributed by atoms with Gasteiger partial charge in [-0.15, -0.1) is 23.7 Å². The van der Waals surface area contributed by atoms with Crippen LogP contribution in [0.2, 0.25) is 0 Å². The van der Waals surface area contributed by atoms with E-state index in [1.807, 2.05) is 27.7 Å². The topological polar surface area (TPSA) is 0 Å². The zero-order valence-corrected chi connectivity index (χ0v) is 91.1. The molecule has 1 saturated carbocycles. The number of benzene rings is 5. The second-order valence-corrected chi connectivity index (χ2v) is 49.4. The van der Waals surface area contributed by atoms with Crippen LogP contribution in [0, 0.1) is 373 Å². The van der Waals surface area contributed by atoms with Crippen molar-refractivity contribution in [1.82, 2.24) is 0 Å². The molecule has 684 valence electrons. The average molecular weight is 1770 g/mol. The van der Waals surface area contributed by atoms with Crippen LogP contribution in [0.15, 0.2) is 60.7 Å². The third kappa shape index (κ3) is 47.3. The minimum atomic E-state index is -0.0775. The van der Waals surface area contributed by atoms with Gasteiger partial charge in [0.15, 0.2) is 0 Å². The molecule has 1 fully saturated rings. The third-order valence-electron chi connectivity index (χ3n) is 17.0. The SMILES string of the molecule is CC#CC(C)(C)C.CC#CC(C)(C)C.CC#CC(C)(C)C.CC#CC(C)(C)C.CC(C)(C)C#CC1C(C#CC(C)(C)C)C1C#CC(C)(C)C.CC(C)(C)C#Cc1cc2c(cc1C#CC(C)(C)C)=c1cc(C#CC(C)(C)C)c(C#CC(C)(C)C)cc1=2.CC(C)(C)C#Cc1cc2c(cc1C#CC(C)(C)C)c1cc3c4cc(C#CC(C)(C)C)c(C#CC(C)(C)C)cc4c3cc21.[Ar].[Ar]. The molecule has 0 atom stereocenters. The number of hydrogen-bond donors (Lipinski definition) is 0. The summed E-state index contributed by atoms with van der Waals surface area (Å²) in [6.07, 6.45) is 0. The van der Waals surface area contributed by atoms with Gasteiger partial charge in [-0.3, -0.25) is 0 Å². The second kappa shape index (κ2) is 46.6. The summed E-state index contributed by atoms with van der Waals surface area (Å²) in [5, 5.41) is 15.1. The molecule has 0 amide bonds. The van der Waals surface area contributed by atoms with Crippen LogP contribution in [0.4, 0.5) is 0 Å². The number of hydrogen-bond acceptors (Lipinski definition) is 0. The molecule has 0 aliphatic heterocycles. The fourth-order valence-corrected chi connectivity index (χ4v) is 11.6. The molecule has 0 heterocycles. The molecule has 129 heavy (non-hydrogen) atoms. The first-order valence-electron chi connectivity index (χ1n) is 45.6. The van der Waals surface area contributed by atoms with E-state index in [4.69, 9.17) is 0 Å². The summed E-state index contributed by atoms with van der Waals surface area (Å²) in [5.41, 5.74) is 8.29. The predicted molar refractivity (Wildman–Crippen MR) is 562 cm³/mol. The molecule has 0 spiro atoms. The van der Waals surface area contributed by atoms with Crippen LogP contribution in [-0.2, 0) is 0 Å². The van der Waals surface area contributed by atoms with Crippen LogP contribution in [0.3, 0.4) is 0 Å². The van der Waals surface area contributed by atoms with Gasteiger partial charge in [0.2, 0.25) is 0 Å². The van der Waals surface area contributed by atoms with Crippen LogP contribution >= 0.6 is 0 Å². The Kier molecular flexibility index (Phi) is 43.0. The van der Waals surface area contributed by atoms with E-state index >= 15 is 0 Å². The fraction of sp³-hybridized carbons (Fsp3) is 0.528. The van der Waals surface area contributed by atoms with Gasteiger partial charge in [0.25, 0.3) is 0 Å². The van der Waals surface area contributed by atoms with Crippen LogP contribution < -0.4 is 0 Å². The summed E-state index contributed by atoms with van der Waals surface area (Å²) in [4.78, 5) is 0. The molecular weight excluding hydrogens is 1610 g/mol. The number of rotatable bonds is 0. The van der Waals surface area contributed by atoms with Crippen molar-refractivity contribution in [3.8, 4) is 178 Å². The summed E-state index contributed by atoms with van der Waals surface area (Å²) >= 11 is 0. The van der Waals surface area contributed by atoms with Gasteiger partial charge in [-0.2, -0.15) is 0 Å². The summed E-state index contributed by atoms with van der Waals surface area (Å²) in [7, 11) is 0. The van der Waals surface area contributed by atoms with Crippen LogP contribution in [0.1, 0.15) is 384 Å². The van der Waals surface area contributed by atoms with Crippen molar-refractivity contribution in [3.05, 3.63) is 126 Å². The standard InChI is InChI=1S/C42H42.C36H40.C21H30.4C7H12.2Ar/c1-39(2,3)17-13-27-21-31-32(22-28(27)14-18-40(4,5)6)36-26-38-34-24-30(16-20-42(10,11)12)29(15-19-41(7,8)9)23-33(34)37(38)25-35(31)36;1-33(2,3)17-13-25-21-29-30(22-26(25)14-18-34(4,5)6)32-24-28(16-20-36(10,11)12)27(23-31(29)32)15-19-35(7,8)9;1-19(2,3)13-10-16-17(11-14-20(4,5)6)18(16)12-15-21(7,8)9;4*1-5-6-7(2,3)4;;/h21-26H,1-12H3;21-24H,1-12H3;16-18H,1-9H3;4*1-4H3;;. The van der Waals surface area contributed by atoms with Crippen molar-refractivity contribution in [2.75, 3.05) is 0 Å². The predicted octanol–water partition coefficient (Wildman–Crippen LogP) is 32.2. The fourth-order valence-electron chi connectivity index (χ4n) is 11.6. The van der Waals surface area contributed by atoms with Gasteiger partial charge in [0.05, 0.1) is 17.8 Å². The van der Waals surface area contributed by atoms with Gasteiger partial charge in [-0.1, -0.05) is 154 Å². The molecule has 2 heteroatoms. The Morgan fingerprint density at radius 1 is 0.147 bits per heavy atom. The van der Waals surface area contributed by atoms with E-state index < -0.39 is 0 Å². The van der Waals surface area contributed by atoms with E-state index in [2.05, 4.69) is 550 Å². The van der Waals surface area contributed by atoms with Crippen molar-refractivity contribution < 1.29 is 75.5 Å². The molecule has 0 nitrogen and oxygen atoms in total. The van der Waals surface area contributed by atoms with Crippen LogP contribution in [0.5, 0.6) is 0 Å². The molecule has 0 unspecified atom stereocenters. The third-order valence-corrected chi connectivity index (χ3v) is 17.0. The van der Waals surface area contributed by atoms with Crippen molar-refractivity contribution in [2.24, 2.45) is 99.0 Å². The van der Waals surface area contributed by atoms with E-state index in [0.717, 1.165) is 44.5 Å². The van der Waals surface area contributed by atoms with E-state index in [1.165, 1.54) is 64.0 Å². The second-order valence-electron chi connectivity index (χ2n) is 49.4. The van der Waals surface area contributed by atoms with Gasteiger partial charge < -0.3 is 0 Å². The molecule has 2 aliphatic rings. The minimum absolute atomic E-state index is 0. The quantitative estimate of drug-likeness (QED) is 0.133. The first kappa shape index (κ1) is 119. The molecule has 7 aromatic carbocycles. The maximum absolute atomic E-state index is 3.46. The van der Waals surface area contributed by atoms with E-state index in [0.29, 0.717) is 17.8 Å². The van der Waals surface area contributed by atoms with Crippen molar-refractivity contribution >= 4 is 43.1 Å². The molecule has 0 bridgehead atoms. The summed E-state index contributed by atoms with van der Waals surface area (Å²) < 4.78 is 0. The van der Waals surface area contributed by atoms with Crippen LogP contribution in [0.25, 0.3) is 43.1 Å². The Morgan fingerprint density at radius 3 is 0.357 bits per heavy atom. The molecule has 0 aromatic heterocycles. The number of fused-ring (bicyclic) bond motifs is 10. The molecular formula is C127H160Ar2. The summed E-state index contributed by atoms with van der Waals surface area (Å²) in [5.74, 6) is 99.7. The normalized spacial score (nSPS) is 13.6. The maximum Gasteiger partial charge on any atom is 0.0503 e. The average Bonchev–Trinajstić information content (AvgIpc) is 1.67.